The molecule has 1 heterocycles. The van der Waals surface area contributed by atoms with Crippen LogP contribution in [0.15, 0.2) is 30.3 Å². The molecule has 27 heavy (non-hydrogen) atoms. The molecule has 0 bridgehead atoms. The first-order valence-electron chi connectivity index (χ1n) is 9.68. The zero-order valence-corrected chi connectivity index (χ0v) is 15.6. The quantitative estimate of drug-likeness (QED) is 0.463. The molecule has 0 unspecified atom stereocenters. The van der Waals surface area contributed by atoms with Gasteiger partial charge in [-0.1, -0.05) is 49.5 Å². The Morgan fingerprint density at radius 1 is 1.00 bits per heavy atom. The zero-order valence-electron chi connectivity index (χ0n) is 15.6. The molecule has 3 rings (SSSR count). The van der Waals surface area contributed by atoms with Crippen molar-refractivity contribution in [2.24, 2.45) is 5.92 Å². The maximum absolute atomic E-state index is 13.6. The molecule has 142 valence electrons. The summed E-state index contributed by atoms with van der Waals surface area (Å²) in [6.45, 7) is 2.20. The Morgan fingerprint density at radius 3 is 2.37 bits per heavy atom. The van der Waals surface area contributed by atoms with Gasteiger partial charge in [0.1, 0.15) is 0 Å². The van der Waals surface area contributed by atoms with E-state index in [-0.39, 0.29) is 11.5 Å². The van der Waals surface area contributed by atoms with Gasteiger partial charge in [-0.25, -0.2) is 4.39 Å². The molecule has 0 atom stereocenters. The van der Waals surface area contributed by atoms with Crippen molar-refractivity contribution in [3.8, 4) is 11.8 Å². The summed E-state index contributed by atoms with van der Waals surface area (Å²) in [7, 11) is 0. The van der Waals surface area contributed by atoms with Crippen LogP contribution in [0.4, 0.5) is 13.2 Å². The Morgan fingerprint density at radius 2 is 1.70 bits per heavy atom. The molecular formula is C23H24F3N. The van der Waals surface area contributed by atoms with Gasteiger partial charge in [0.15, 0.2) is 5.82 Å². The molecule has 1 saturated carbocycles. The molecule has 4 heteroatoms. The van der Waals surface area contributed by atoms with Crippen LogP contribution in [0, 0.1) is 35.5 Å². The average Bonchev–Trinajstić information content (AvgIpc) is 2.69. The van der Waals surface area contributed by atoms with Gasteiger partial charge in [-0.05, 0) is 61.6 Å². The Labute approximate surface area is 159 Å². The highest BCUT2D eigenvalue weighted by molar-refractivity contribution is 5.34. The van der Waals surface area contributed by atoms with Crippen LogP contribution >= 0.6 is 0 Å². The van der Waals surface area contributed by atoms with E-state index in [2.05, 4.69) is 48.0 Å². The Bertz CT molecular complexity index is 825. The maximum atomic E-state index is 13.6. The van der Waals surface area contributed by atoms with Gasteiger partial charge in [-0.2, -0.15) is 13.8 Å². The number of hydrogen-bond donors (Lipinski definition) is 0. The number of aromatic nitrogens is 1. The van der Waals surface area contributed by atoms with E-state index in [9.17, 15) is 13.2 Å². The molecular weight excluding hydrogens is 347 g/mol. The molecule has 0 spiro atoms. The highest BCUT2D eigenvalue weighted by atomic mass is 19.2. The third-order valence-electron chi connectivity index (χ3n) is 5.29. The molecule has 1 aliphatic rings. The van der Waals surface area contributed by atoms with E-state index >= 15 is 0 Å². The van der Waals surface area contributed by atoms with E-state index in [1.54, 1.807) is 0 Å². The summed E-state index contributed by atoms with van der Waals surface area (Å²) in [5.41, 5.74) is 2.58. The van der Waals surface area contributed by atoms with Gasteiger partial charge in [0.05, 0.1) is 5.56 Å². The summed E-state index contributed by atoms with van der Waals surface area (Å²) in [6, 6.07) is 9.72. The van der Waals surface area contributed by atoms with Crippen molar-refractivity contribution in [1.29, 1.82) is 0 Å². The van der Waals surface area contributed by atoms with Crippen LogP contribution in [-0.2, 0) is 6.42 Å². The second-order valence-electron chi connectivity index (χ2n) is 7.26. The lowest BCUT2D eigenvalue weighted by atomic mass is 9.78. The topological polar surface area (TPSA) is 12.9 Å². The van der Waals surface area contributed by atoms with Crippen molar-refractivity contribution in [3.05, 3.63) is 64.7 Å². The van der Waals surface area contributed by atoms with Gasteiger partial charge in [-0.3, -0.25) is 0 Å². The molecule has 1 fully saturated rings. The van der Waals surface area contributed by atoms with E-state index < -0.39 is 17.7 Å². The summed E-state index contributed by atoms with van der Waals surface area (Å²) in [4.78, 5) is 2.90. The van der Waals surface area contributed by atoms with Gasteiger partial charge in [0, 0.05) is 5.92 Å². The summed E-state index contributed by atoms with van der Waals surface area (Å²) in [5, 5.41) is 0. The molecule has 0 aliphatic heterocycles. The van der Waals surface area contributed by atoms with E-state index in [1.807, 2.05) is 0 Å². The second kappa shape index (κ2) is 9.08. The van der Waals surface area contributed by atoms with Crippen LogP contribution in [0.25, 0.3) is 0 Å². The average molecular weight is 371 g/mol. The van der Waals surface area contributed by atoms with Gasteiger partial charge in [-0.15, -0.1) is 0 Å². The summed E-state index contributed by atoms with van der Waals surface area (Å²) in [6.07, 6.45) is 7.48. The maximum Gasteiger partial charge on any atom is 0.251 e. The number of unbranched alkanes of at least 4 members (excludes halogenated alkanes) is 1. The third-order valence-corrected chi connectivity index (χ3v) is 5.29. The van der Waals surface area contributed by atoms with Crippen LogP contribution in [0.5, 0.6) is 0 Å². The molecule has 1 nitrogen and oxygen atoms in total. The van der Waals surface area contributed by atoms with Gasteiger partial charge in [0.2, 0.25) is 5.95 Å². The van der Waals surface area contributed by atoms with Crippen molar-refractivity contribution < 1.29 is 13.2 Å². The van der Waals surface area contributed by atoms with Crippen molar-refractivity contribution in [1.82, 2.24) is 4.98 Å². The molecule has 0 radical (unpaired) electrons. The van der Waals surface area contributed by atoms with E-state index in [0.29, 0.717) is 5.92 Å². The van der Waals surface area contributed by atoms with Crippen LogP contribution in [0.2, 0.25) is 0 Å². The van der Waals surface area contributed by atoms with E-state index in [4.69, 9.17) is 0 Å². The minimum Gasteiger partial charge on any atom is -0.202 e. The number of halogens is 3. The predicted octanol–water partition coefficient (Wildman–Crippen LogP) is 6.17. The van der Waals surface area contributed by atoms with Gasteiger partial charge < -0.3 is 0 Å². The molecule has 0 N–H and O–H groups in total. The van der Waals surface area contributed by atoms with Gasteiger partial charge in [0.25, 0.3) is 5.95 Å². The molecule has 1 aromatic heterocycles. The summed E-state index contributed by atoms with van der Waals surface area (Å²) < 4.78 is 39.6. The van der Waals surface area contributed by atoms with E-state index in [0.717, 1.165) is 38.2 Å². The largest absolute Gasteiger partial charge is 0.251 e. The lowest BCUT2D eigenvalue weighted by Gasteiger charge is -2.26. The highest BCUT2D eigenvalue weighted by Gasteiger charge is 2.21. The number of aryl methyl sites for hydroxylation is 1. The molecule has 2 aromatic rings. The predicted molar refractivity (Wildman–Crippen MR) is 101 cm³/mol. The second-order valence-corrected chi connectivity index (χ2v) is 7.26. The monoisotopic (exact) mass is 371 g/mol. The number of nitrogens with zero attached hydrogens (tertiary/aromatic N) is 1. The fourth-order valence-electron chi connectivity index (χ4n) is 3.62. The normalized spacial score (nSPS) is 19.4. The Hall–Kier alpha value is -2.28. The van der Waals surface area contributed by atoms with E-state index in [1.165, 1.54) is 24.0 Å². The SMILES string of the molecule is CCCCc1ccc(C2CCC(C#Cc3cc(F)c(F)nc3F)CC2)cc1. The first-order valence-corrected chi connectivity index (χ1v) is 9.68. The van der Waals surface area contributed by atoms with Gasteiger partial charge >= 0.3 is 0 Å². The number of hydrogen-bond acceptors (Lipinski definition) is 1. The minimum atomic E-state index is -1.43. The molecule has 0 saturated heterocycles. The lowest BCUT2D eigenvalue weighted by molar-refractivity contribution is 0.384. The third kappa shape index (κ3) is 5.13. The summed E-state index contributed by atoms with van der Waals surface area (Å²) in [5.74, 6) is 2.67. The molecule has 1 aromatic carbocycles. The van der Waals surface area contributed by atoms with Crippen LogP contribution in [-0.4, -0.2) is 4.98 Å². The number of rotatable bonds is 4. The minimum absolute atomic E-state index is 0.151. The first-order chi connectivity index (χ1) is 13.1. The number of pyridine rings is 1. The first kappa shape index (κ1) is 19.5. The van der Waals surface area contributed by atoms with Crippen LogP contribution in [0.1, 0.15) is 68.1 Å². The molecule has 0 amide bonds. The smallest absolute Gasteiger partial charge is 0.202 e. The fraction of sp³-hybridized carbons (Fsp3) is 0.435. The van der Waals surface area contributed by atoms with Crippen molar-refractivity contribution in [2.45, 2.75) is 57.8 Å². The standard InChI is InChI=1S/C23H24F3N/c1-2-3-4-16-5-10-18(11-6-16)19-12-7-17(8-13-19)9-14-20-15-21(24)23(26)27-22(20)25/h5-6,10-11,15,17,19H,2-4,7-8,12-13H2,1H3. The van der Waals surface area contributed by atoms with Crippen molar-refractivity contribution in [3.63, 3.8) is 0 Å². The van der Waals surface area contributed by atoms with Crippen molar-refractivity contribution >= 4 is 0 Å². The zero-order chi connectivity index (χ0) is 19.2. The highest BCUT2D eigenvalue weighted by Crippen LogP contribution is 2.35. The molecule has 1 aliphatic carbocycles. The lowest BCUT2D eigenvalue weighted by Crippen LogP contribution is -2.12. The van der Waals surface area contributed by atoms with Crippen LogP contribution in [0.3, 0.4) is 0 Å². The fourth-order valence-corrected chi connectivity index (χ4v) is 3.62. The summed E-state index contributed by atoms with van der Waals surface area (Å²) >= 11 is 0. The van der Waals surface area contributed by atoms with Crippen molar-refractivity contribution in [2.75, 3.05) is 0 Å². The Balaban J connectivity index is 1.57. The van der Waals surface area contributed by atoms with Crippen LogP contribution < -0.4 is 0 Å². The Kier molecular flexibility index (Phi) is 6.55. The number of benzene rings is 1.